The van der Waals surface area contributed by atoms with Gasteiger partial charge in [0.25, 0.3) is 11.8 Å². The molecule has 1 aromatic carbocycles. The van der Waals surface area contributed by atoms with Gasteiger partial charge in [0.1, 0.15) is 11.3 Å². The maximum Gasteiger partial charge on any atom is 0.421 e. The topological polar surface area (TPSA) is 98.8 Å². The first-order valence-electron chi connectivity index (χ1n) is 13.0. The molecule has 12 heteroatoms. The standard InChI is InChI=1S/C26H27F3N6O3.2H2/c27-26(28,29)19-4-6-21(30-23(19)38-12-13-1-2-13)25(37)35-10-17-15-8-34(9-16(15)18(17)11-35)24(36)14-3-5-20-22(7-14)32-33-31-20;;/h3-7,13,15-18,31-33H,1-2,8-12H2;2*1H/t15-,16+,17?,18?;;. The van der Waals surface area contributed by atoms with Gasteiger partial charge in [0.15, 0.2) is 0 Å². The lowest BCUT2D eigenvalue weighted by Gasteiger charge is -2.42. The second-order valence-corrected chi connectivity index (χ2v) is 11.0. The molecule has 0 bridgehead atoms. The number of carbonyl (C=O) groups excluding carboxylic acids is 2. The highest BCUT2D eigenvalue weighted by atomic mass is 19.4. The maximum absolute atomic E-state index is 13.5. The van der Waals surface area contributed by atoms with Gasteiger partial charge in [-0.15, -0.1) is 5.53 Å². The van der Waals surface area contributed by atoms with Gasteiger partial charge in [-0.1, -0.05) is 0 Å². The van der Waals surface area contributed by atoms with Crippen LogP contribution >= 0.6 is 0 Å². The molecule has 2 unspecified atom stereocenters. The Bertz CT molecular complexity index is 1310. The van der Waals surface area contributed by atoms with Crippen LogP contribution < -0.4 is 21.1 Å². The van der Waals surface area contributed by atoms with E-state index in [0.29, 0.717) is 43.6 Å². The third-order valence-electron chi connectivity index (χ3n) is 8.70. The molecule has 204 valence electrons. The van der Waals surface area contributed by atoms with Crippen LogP contribution in [0.5, 0.6) is 5.88 Å². The first-order chi connectivity index (χ1) is 18.3. The van der Waals surface area contributed by atoms with E-state index in [9.17, 15) is 22.8 Å². The van der Waals surface area contributed by atoms with E-state index < -0.39 is 17.6 Å². The molecule has 7 rings (SSSR count). The average molecular weight is 533 g/mol. The second-order valence-electron chi connectivity index (χ2n) is 11.0. The van der Waals surface area contributed by atoms with Crippen molar-refractivity contribution < 1.29 is 30.4 Å². The number of fused-ring (bicyclic) bond motifs is 5. The molecule has 1 aromatic heterocycles. The predicted octanol–water partition coefficient (Wildman–Crippen LogP) is 3.73. The first-order valence-corrected chi connectivity index (χ1v) is 13.0. The van der Waals surface area contributed by atoms with E-state index in [1.807, 2.05) is 23.1 Å². The first kappa shape index (κ1) is 23.6. The number of carbonyl (C=O) groups is 2. The van der Waals surface area contributed by atoms with Crippen molar-refractivity contribution in [3.05, 3.63) is 47.2 Å². The number of pyridine rings is 1. The van der Waals surface area contributed by atoms with E-state index >= 15 is 0 Å². The van der Waals surface area contributed by atoms with E-state index in [1.54, 1.807) is 4.90 Å². The molecule has 4 fully saturated rings. The van der Waals surface area contributed by atoms with Gasteiger partial charge >= 0.3 is 6.18 Å². The Hall–Kier alpha value is -3.54. The quantitative estimate of drug-likeness (QED) is 0.540. The molecule has 9 nitrogen and oxygen atoms in total. The van der Waals surface area contributed by atoms with Gasteiger partial charge in [0.05, 0.1) is 18.0 Å². The van der Waals surface area contributed by atoms with Crippen molar-refractivity contribution in [3.63, 3.8) is 0 Å². The molecule has 3 aliphatic heterocycles. The summed E-state index contributed by atoms with van der Waals surface area (Å²) in [4.78, 5) is 34.0. The minimum Gasteiger partial charge on any atom is -0.477 e. The summed E-state index contributed by atoms with van der Waals surface area (Å²) in [6.07, 6.45) is -2.74. The fourth-order valence-electron chi connectivity index (χ4n) is 6.47. The van der Waals surface area contributed by atoms with Crippen LogP contribution in [-0.4, -0.2) is 59.4 Å². The molecule has 5 aliphatic rings. The lowest BCUT2D eigenvalue weighted by Crippen LogP contribution is -2.44. The molecule has 38 heavy (non-hydrogen) atoms. The number of hydrazine groups is 2. The van der Waals surface area contributed by atoms with E-state index in [2.05, 4.69) is 21.4 Å². The van der Waals surface area contributed by atoms with Crippen LogP contribution in [0.25, 0.3) is 0 Å². The zero-order chi connectivity index (χ0) is 26.2. The van der Waals surface area contributed by atoms with E-state index in [0.717, 1.165) is 36.3 Å². The number of nitrogens with one attached hydrogen (secondary N) is 3. The Morgan fingerprint density at radius 1 is 0.921 bits per heavy atom. The Morgan fingerprint density at radius 3 is 2.18 bits per heavy atom. The molecule has 2 saturated heterocycles. The normalized spacial score (nSPS) is 27.1. The summed E-state index contributed by atoms with van der Waals surface area (Å²) in [7, 11) is 0. The van der Waals surface area contributed by atoms with Crippen LogP contribution in [0.4, 0.5) is 24.5 Å². The number of ether oxygens (including phenoxy) is 1. The van der Waals surface area contributed by atoms with Crippen molar-refractivity contribution in [1.29, 1.82) is 0 Å². The van der Waals surface area contributed by atoms with Crippen molar-refractivity contribution in [2.24, 2.45) is 29.6 Å². The van der Waals surface area contributed by atoms with Crippen LogP contribution in [0, 0.1) is 29.6 Å². The third-order valence-corrected chi connectivity index (χ3v) is 8.70. The summed E-state index contributed by atoms with van der Waals surface area (Å²) < 4.78 is 45.8. The minimum absolute atomic E-state index is 0. The van der Waals surface area contributed by atoms with Gasteiger partial charge in [-0.05, 0) is 72.8 Å². The van der Waals surface area contributed by atoms with E-state index in [4.69, 9.17) is 4.74 Å². The van der Waals surface area contributed by atoms with Crippen LogP contribution in [0.3, 0.4) is 0 Å². The number of alkyl halides is 3. The number of amides is 2. The van der Waals surface area contributed by atoms with Crippen LogP contribution in [0.15, 0.2) is 30.3 Å². The molecule has 0 radical (unpaired) electrons. The smallest absolute Gasteiger partial charge is 0.421 e. The number of hydrogen-bond acceptors (Lipinski definition) is 7. The van der Waals surface area contributed by atoms with Gasteiger partial charge < -0.3 is 25.4 Å². The molecular formula is C26H31F3N6O3. The Labute approximate surface area is 219 Å². The summed E-state index contributed by atoms with van der Waals surface area (Å²) in [6.45, 7) is 2.51. The second kappa shape index (κ2) is 8.48. The predicted molar refractivity (Wildman–Crippen MR) is 134 cm³/mol. The van der Waals surface area contributed by atoms with Crippen molar-refractivity contribution in [2.45, 2.75) is 19.0 Å². The monoisotopic (exact) mass is 532 g/mol. The van der Waals surface area contributed by atoms with Gasteiger partial charge in [-0.25, -0.2) is 4.98 Å². The number of benzene rings is 1. The summed E-state index contributed by atoms with van der Waals surface area (Å²) in [5, 5.41) is 0. The Morgan fingerprint density at radius 2 is 1.55 bits per heavy atom. The largest absolute Gasteiger partial charge is 0.477 e. The molecule has 4 atom stereocenters. The average Bonchev–Trinajstić information content (AvgIpc) is 3.30. The number of rotatable bonds is 5. The summed E-state index contributed by atoms with van der Waals surface area (Å²) >= 11 is 0. The van der Waals surface area contributed by atoms with E-state index in [1.165, 1.54) is 0 Å². The molecule has 0 spiro atoms. The van der Waals surface area contributed by atoms with Gasteiger partial charge in [0.2, 0.25) is 5.88 Å². The SMILES string of the molecule is O=C(c1ccc2c(c1)NNN2)N1C[C@@H]2C3CN(C(=O)c4ccc(C(F)(F)F)c(OCC5CC5)n4)CC3[C@@H]2C1.[HH].[HH]. The summed E-state index contributed by atoms with van der Waals surface area (Å²) in [6, 6.07) is 7.53. The van der Waals surface area contributed by atoms with Gasteiger partial charge in [-0.2, -0.15) is 13.2 Å². The minimum atomic E-state index is -4.61. The van der Waals surface area contributed by atoms with Gasteiger partial charge in [-0.3, -0.25) is 9.59 Å². The lowest BCUT2D eigenvalue weighted by molar-refractivity contribution is -0.139. The molecule has 2 amide bonds. The summed E-state index contributed by atoms with van der Waals surface area (Å²) in [5.41, 5.74) is 10.1. The highest BCUT2D eigenvalue weighted by molar-refractivity contribution is 5.97. The zero-order valence-electron chi connectivity index (χ0n) is 20.4. The fourth-order valence-corrected chi connectivity index (χ4v) is 6.47. The van der Waals surface area contributed by atoms with Crippen molar-refractivity contribution >= 4 is 23.2 Å². The number of hydrogen-bond donors (Lipinski definition) is 3. The number of aromatic nitrogens is 1. The van der Waals surface area contributed by atoms with Crippen molar-refractivity contribution in [2.75, 3.05) is 43.6 Å². The molecular weight excluding hydrogens is 501 g/mol. The number of halogens is 3. The molecule has 3 N–H and O–H groups in total. The van der Waals surface area contributed by atoms with Crippen molar-refractivity contribution in [1.82, 2.24) is 20.3 Å². The lowest BCUT2D eigenvalue weighted by atomic mass is 9.60. The molecule has 2 aromatic rings. The maximum atomic E-state index is 13.5. The van der Waals surface area contributed by atoms with Crippen LogP contribution in [0.1, 0.15) is 42.1 Å². The Balaban J connectivity index is 0.00000161. The van der Waals surface area contributed by atoms with E-state index in [-0.39, 0.29) is 44.7 Å². The Kier molecular flexibility index (Phi) is 5.26. The third kappa shape index (κ3) is 3.93. The fraction of sp³-hybridized carbons (Fsp3) is 0.500. The number of anilines is 2. The highest BCUT2D eigenvalue weighted by Crippen LogP contribution is 2.54. The van der Waals surface area contributed by atoms with Crippen LogP contribution in [0.2, 0.25) is 0 Å². The molecule has 2 saturated carbocycles. The molecule has 2 aliphatic carbocycles. The van der Waals surface area contributed by atoms with Crippen molar-refractivity contribution in [3.8, 4) is 5.88 Å². The zero-order valence-corrected chi connectivity index (χ0v) is 20.4. The number of likely N-dealkylation sites (tertiary alicyclic amines) is 2. The summed E-state index contributed by atoms with van der Waals surface area (Å²) in [5.74, 6) is 0.542. The highest BCUT2D eigenvalue weighted by Gasteiger charge is 2.59. The molecule has 4 heterocycles. The number of nitrogens with zero attached hydrogens (tertiary/aromatic N) is 3. The van der Waals surface area contributed by atoms with Crippen LogP contribution in [-0.2, 0) is 6.18 Å². The van der Waals surface area contributed by atoms with Gasteiger partial charge in [0, 0.05) is 34.6 Å².